The highest BCUT2D eigenvalue weighted by atomic mass is 32.1. The number of likely N-dealkylation sites (tertiary alicyclic amines) is 1. The fourth-order valence-corrected chi connectivity index (χ4v) is 4.53. The van der Waals surface area contributed by atoms with Gasteiger partial charge in [-0.3, -0.25) is 9.59 Å². The Labute approximate surface area is 150 Å². The van der Waals surface area contributed by atoms with E-state index in [9.17, 15) is 9.59 Å². The molecule has 24 heavy (non-hydrogen) atoms. The maximum atomic E-state index is 12.6. The predicted molar refractivity (Wildman–Crippen MR) is 98.4 cm³/mol. The Kier molecular flexibility index (Phi) is 5.68. The van der Waals surface area contributed by atoms with E-state index in [2.05, 4.69) is 16.8 Å². The number of thiophene rings is 2. The summed E-state index contributed by atoms with van der Waals surface area (Å²) in [6, 6.07) is 5.76. The molecule has 2 amide bonds. The van der Waals surface area contributed by atoms with Gasteiger partial charge < -0.3 is 10.2 Å². The van der Waals surface area contributed by atoms with Crippen LogP contribution >= 0.6 is 22.7 Å². The van der Waals surface area contributed by atoms with Crippen LogP contribution in [-0.2, 0) is 22.4 Å². The highest BCUT2D eigenvalue weighted by Crippen LogP contribution is 2.20. The van der Waals surface area contributed by atoms with Gasteiger partial charge in [0.15, 0.2) is 0 Å². The van der Waals surface area contributed by atoms with Gasteiger partial charge >= 0.3 is 0 Å². The van der Waals surface area contributed by atoms with E-state index in [1.165, 1.54) is 5.56 Å². The number of amides is 2. The molecule has 0 radical (unpaired) electrons. The SMILES string of the molecule is CC(Cc1ccsc1)NC(=O)C1CCCN1C(=O)Cc1cccs1. The smallest absolute Gasteiger partial charge is 0.243 e. The Morgan fingerprint density at radius 3 is 2.96 bits per heavy atom. The van der Waals surface area contributed by atoms with Gasteiger partial charge in [-0.15, -0.1) is 11.3 Å². The molecule has 0 bridgehead atoms. The Morgan fingerprint density at radius 2 is 2.25 bits per heavy atom. The van der Waals surface area contributed by atoms with Gasteiger partial charge in [-0.1, -0.05) is 6.07 Å². The molecule has 1 fully saturated rings. The first-order valence-corrected chi connectivity index (χ1v) is 10.1. The lowest BCUT2D eigenvalue weighted by Crippen LogP contribution is -2.49. The van der Waals surface area contributed by atoms with Crippen molar-refractivity contribution in [3.8, 4) is 0 Å². The minimum atomic E-state index is -0.317. The average molecular weight is 363 g/mol. The second kappa shape index (κ2) is 7.94. The average Bonchev–Trinajstić information content (AvgIpc) is 3.29. The van der Waals surface area contributed by atoms with Gasteiger partial charge in [0.1, 0.15) is 6.04 Å². The fraction of sp³-hybridized carbons (Fsp3) is 0.444. The zero-order chi connectivity index (χ0) is 16.9. The Hall–Kier alpha value is -1.66. The van der Waals surface area contributed by atoms with Crippen molar-refractivity contribution in [3.05, 3.63) is 44.8 Å². The maximum absolute atomic E-state index is 12.6. The van der Waals surface area contributed by atoms with Crippen molar-refractivity contribution in [2.75, 3.05) is 6.54 Å². The summed E-state index contributed by atoms with van der Waals surface area (Å²) >= 11 is 3.25. The van der Waals surface area contributed by atoms with Gasteiger partial charge in [-0.2, -0.15) is 11.3 Å². The highest BCUT2D eigenvalue weighted by Gasteiger charge is 2.34. The van der Waals surface area contributed by atoms with Crippen molar-refractivity contribution in [1.82, 2.24) is 10.2 Å². The van der Waals surface area contributed by atoms with E-state index in [1.807, 2.05) is 29.8 Å². The summed E-state index contributed by atoms with van der Waals surface area (Å²) in [7, 11) is 0. The van der Waals surface area contributed by atoms with Crippen molar-refractivity contribution in [2.24, 2.45) is 0 Å². The molecule has 1 N–H and O–H groups in total. The summed E-state index contributed by atoms with van der Waals surface area (Å²) in [5, 5.41) is 9.21. The molecule has 0 aliphatic carbocycles. The van der Waals surface area contributed by atoms with Crippen LogP contribution in [0.1, 0.15) is 30.2 Å². The lowest BCUT2D eigenvalue weighted by molar-refractivity contribution is -0.138. The minimum Gasteiger partial charge on any atom is -0.352 e. The van der Waals surface area contributed by atoms with Gasteiger partial charge in [0, 0.05) is 17.5 Å². The number of hydrogen-bond donors (Lipinski definition) is 1. The normalized spacial score (nSPS) is 18.5. The maximum Gasteiger partial charge on any atom is 0.243 e. The molecule has 4 nitrogen and oxygen atoms in total. The van der Waals surface area contributed by atoms with Crippen LogP contribution in [0.5, 0.6) is 0 Å². The van der Waals surface area contributed by atoms with Crippen molar-refractivity contribution >= 4 is 34.5 Å². The molecule has 2 atom stereocenters. The van der Waals surface area contributed by atoms with Crippen LogP contribution < -0.4 is 5.32 Å². The molecule has 128 valence electrons. The molecule has 3 rings (SSSR count). The molecule has 0 aromatic carbocycles. The van der Waals surface area contributed by atoms with Crippen LogP contribution in [0.15, 0.2) is 34.3 Å². The van der Waals surface area contributed by atoms with Crippen LogP contribution in [0, 0.1) is 0 Å². The third-order valence-corrected chi connectivity index (χ3v) is 5.90. The summed E-state index contributed by atoms with van der Waals surface area (Å²) in [5.41, 5.74) is 1.24. The standard InChI is InChI=1S/C18H22N2O2S2/c1-13(10-14-6-9-23-12-14)19-18(22)16-5-2-7-20(16)17(21)11-15-4-3-8-24-15/h3-4,6,8-9,12-13,16H,2,5,7,10-11H2,1H3,(H,19,22). The third kappa shape index (κ3) is 4.24. The minimum absolute atomic E-state index is 0.0187. The van der Waals surface area contributed by atoms with Crippen LogP contribution in [0.25, 0.3) is 0 Å². The number of carbonyl (C=O) groups is 2. The second-order valence-corrected chi connectivity index (χ2v) is 8.06. The quantitative estimate of drug-likeness (QED) is 0.858. The Bertz CT molecular complexity index is 667. The first kappa shape index (κ1) is 17.2. The molecule has 2 aromatic rings. The number of nitrogens with one attached hydrogen (secondary N) is 1. The summed E-state index contributed by atoms with van der Waals surface area (Å²) in [6.07, 6.45) is 2.87. The largest absolute Gasteiger partial charge is 0.352 e. The van der Waals surface area contributed by atoms with Gasteiger partial charge in [0.25, 0.3) is 0 Å². The molecule has 1 saturated heterocycles. The van der Waals surface area contributed by atoms with E-state index in [0.29, 0.717) is 13.0 Å². The number of hydrogen-bond acceptors (Lipinski definition) is 4. The predicted octanol–water partition coefficient (Wildman–Crippen LogP) is 3.09. The lowest BCUT2D eigenvalue weighted by Gasteiger charge is -2.25. The summed E-state index contributed by atoms with van der Waals surface area (Å²) in [5.74, 6) is 0.0374. The first-order chi connectivity index (χ1) is 11.6. The molecule has 0 spiro atoms. The Morgan fingerprint density at radius 1 is 1.38 bits per heavy atom. The van der Waals surface area contributed by atoms with Crippen LogP contribution in [0.3, 0.4) is 0 Å². The van der Waals surface area contributed by atoms with E-state index in [-0.39, 0.29) is 23.9 Å². The van der Waals surface area contributed by atoms with Crippen molar-refractivity contribution in [1.29, 1.82) is 0 Å². The summed E-state index contributed by atoms with van der Waals surface area (Å²) < 4.78 is 0. The zero-order valence-corrected chi connectivity index (χ0v) is 15.4. The van der Waals surface area contributed by atoms with E-state index >= 15 is 0 Å². The molecule has 0 saturated carbocycles. The molecule has 1 aliphatic rings. The van der Waals surface area contributed by atoms with E-state index < -0.39 is 0 Å². The number of nitrogens with zero attached hydrogens (tertiary/aromatic N) is 1. The van der Waals surface area contributed by atoms with Gasteiger partial charge in [-0.25, -0.2) is 0 Å². The van der Waals surface area contributed by atoms with E-state index in [1.54, 1.807) is 27.6 Å². The Balaban J connectivity index is 1.55. The summed E-state index contributed by atoms with van der Waals surface area (Å²) in [6.45, 7) is 2.70. The molecule has 3 heterocycles. The number of carbonyl (C=O) groups excluding carboxylic acids is 2. The summed E-state index contributed by atoms with van der Waals surface area (Å²) in [4.78, 5) is 27.9. The molecular formula is C18H22N2O2S2. The van der Waals surface area contributed by atoms with E-state index in [0.717, 1.165) is 24.1 Å². The topological polar surface area (TPSA) is 49.4 Å². The highest BCUT2D eigenvalue weighted by molar-refractivity contribution is 7.10. The molecule has 2 unspecified atom stereocenters. The van der Waals surface area contributed by atoms with Gasteiger partial charge in [0.05, 0.1) is 6.42 Å². The van der Waals surface area contributed by atoms with Gasteiger partial charge in [-0.05, 0) is 60.0 Å². The first-order valence-electron chi connectivity index (χ1n) is 8.27. The monoisotopic (exact) mass is 362 g/mol. The third-order valence-electron chi connectivity index (χ3n) is 4.29. The zero-order valence-electron chi connectivity index (χ0n) is 13.7. The van der Waals surface area contributed by atoms with E-state index in [4.69, 9.17) is 0 Å². The number of rotatable bonds is 6. The second-order valence-electron chi connectivity index (χ2n) is 6.25. The fourth-order valence-electron chi connectivity index (χ4n) is 3.15. The van der Waals surface area contributed by atoms with Crippen molar-refractivity contribution in [3.63, 3.8) is 0 Å². The molecule has 1 aliphatic heterocycles. The lowest BCUT2D eigenvalue weighted by atomic mass is 10.1. The molecule has 6 heteroatoms. The van der Waals surface area contributed by atoms with Crippen LogP contribution in [0.4, 0.5) is 0 Å². The van der Waals surface area contributed by atoms with Crippen molar-refractivity contribution in [2.45, 2.75) is 44.7 Å². The molecule has 2 aromatic heterocycles. The van der Waals surface area contributed by atoms with Crippen LogP contribution in [-0.4, -0.2) is 35.3 Å². The van der Waals surface area contributed by atoms with Gasteiger partial charge in [0.2, 0.25) is 11.8 Å². The molecular weight excluding hydrogens is 340 g/mol. The van der Waals surface area contributed by atoms with Crippen LogP contribution in [0.2, 0.25) is 0 Å². The van der Waals surface area contributed by atoms with Crippen molar-refractivity contribution < 1.29 is 9.59 Å².